The lowest BCUT2D eigenvalue weighted by atomic mass is 9.78. The molecule has 5 fully saturated rings. The third-order valence-electron chi connectivity index (χ3n) is 14.7. The number of halogens is 1. The highest BCUT2D eigenvalue weighted by Gasteiger charge is 2.51. The van der Waals surface area contributed by atoms with Crippen LogP contribution < -0.4 is 26.4 Å². The first-order chi connectivity index (χ1) is 34.8. The molecule has 0 unspecified atom stereocenters. The predicted molar refractivity (Wildman–Crippen MR) is 289 cm³/mol. The summed E-state index contributed by atoms with van der Waals surface area (Å²) >= 11 is 2.18. The van der Waals surface area contributed by atoms with E-state index < -0.39 is 0 Å². The van der Waals surface area contributed by atoms with Gasteiger partial charge in [-0.25, -0.2) is 29.3 Å². The molecule has 8 aromatic rings. The maximum absolute atomic E-state index is 6.28. The lowest BCUT2D eigenvalue weighted by Gasteiger charge is -2.32. The van der Waals surface area contributed by atoms with Crippen molar-refractivity contribution in [2.75, 3.05) is 37.9 Å². The molecular weight excluding hydrogens is 1020 g/mol. The zero-order valence-corrected chi connectivity index (χ0v) is 43.6. The largest absolute Gasteiger partial charge is 0.494 e. The summed E-state index contributed by atoms with van der Waals surface area (Å²) in [6, 6.07) is 25.3. The van der Waals surface area contributed by atoms with Gasteiger partial charge in [-0.15, -0.1) is 0 Å². The van der Waals surface area contributed by atoms with E-state index in [-0.39, 0.29) is 18.3 Å². The van der Waals surface area contributed by atoms with Gasteiger partial charge in [-0.1, -0.05) is 42.5 Å². The van der Waals surface area contributed by atoms with Gasteiger partial charge in [0.2, 0.25) is 0 Å². The van der Waals surface area contributed by atoms with Crippen LogP contribution in [0.1, 0.15) is 79.1 Å². The van der Waals surface area contributed by atoms with Crippen LogP contribution in [0.2, 0.25) is 0 Å². The maximum atomic E-state index is 6.28. The number of nitrogens with two attached hydrogens (primary N) is 2. The second-order valence-corrected chi connectivity index (χ2v) is 21.8. The van der Waals surface area contributed by atoms with Gasteiger partial charge in [0.05, 0.1) is 34.2 Å². The quantitative estimate of drug-likeness (QED) is 0.0972. The summed E-state index contributed by atoms with van der Waals surface area (Å²) in [5.74, 6) is 4.00. The molecule has 0 amide bonds. The second-order valence-electron chi connectivity index (χ2n) is 20.7. The molecule has 0 atom stereocenters. The average molecular weight is 1080 g/mol. The van der Waals surface area contributed by atoms with E-state index in [1.807, 2.05) is 15.4 Å². The Balaban J connectivity index is 0.000000122. The number of anilines is 2. The molecule has 13 rings (SSSR count). The second kappa shape index (κ2) is 20.3. The van der Waals surface area contributed by atoms with Crippen molar-refractivity contribution in [3.63, 3.8) is 0 Å². The maximum Gasteiger partial charge on any atom is 0.494 e. The number of hydrogen-bond acceptors (Lipinski definition) is 14. The third kappa shape index (κ3) is 10.7. The van der Waals surface area contributed by atoms with E-state index in [1.54, 1.807) is 0 Å². The first kappa shape index (κ1) is 48.6. The van der Waals surface area contributed by atoms with Crippen LogP contribution in [0.15, 0.2) is 85.5 Å². The van der Waals surface area contributed by atoms with Crippen molar-refractivity contribution in [1.29, 1.82) is 0 Å². The lowest BCUT2D eigenvalue weighted by Crippen LogP contribution is -2.41. The SMILES string of the molecule is CC1(C)OB(c2ccc3cc(OC4CC4)ccc3c2)OC1(C)C.Nc1ncnc2c1c(-c1ccc3cc(OC4CC4)ccc3c1)nn2CC1CCOCC1.Nc1ncnc2c1c(I)nn2CC1CCOCC1. The van der Waals surface area contributed by atoms with Gasteiger partial charge in [-0.05, 0) is 171 Å². The van der Waals surface area contributed by atoms with E-state index >= 15 is 0 Å². The summed E-state index contributed by atoms with van der Waals surface area (Å²) in [7, 11) is -0.313. The van der Waals surface area contributed by atoms with Crippen LogP contribution in [-0.2, 0) is 31.9 Å². The van der Waals surface area contributed by atoms with Gasteiger partial charge in [0.25, 0.3) is 0 Å². The van der Waals surface area contributed by atoms with Gasteiger partial charge in [-0.2, -0.15) is 10.2 Å². The first-order valence-electron chi connectivity index (χ1n) is 25.4. The van der Waals surface area contributed by atoms with Gasteiger partial charge in [-0.3, -0.25) is 0 Å². The summed E-state index contributed by atoms with van der Waals surface area (Å²) in [4.78, 5) is 17.1. The van der Waals surface area contributed by atoms with Crippen molar-refractivity contribution in [3.8, 4) is 22.8 Å². The Bertz CT molecular complexity index is 3220. The molecular formula is C54H62BIN10O6. The number of fused-ring (bicyclic) bond motifs is 4. The molecule has 5 aliphatic rings. The van der Waals surface area contributed by atoms with Crippen LogP contribution in [0.4, 0.5) is 11.6 Å². The third-order valence-corrected chi connectivity index (χ3v) is 15.5. The van der Waals surface area contributed by atoms with Crippen LogP contribution in [0.25, 0.3) is 54.9 Å². The monoisotopic (exact) mass is 1080 g/mol. The standard InChI is InChI=1S/C24H25N5O2.C19H23BO3.C11H14IN5O/c25-23-21-22(28-29(24(21)27-14-26-23)13-15-7-9-30-10-8-15)18-2-1-17-12-20(31-19-5-6-19)4-3-16(17)11-18;1-18(2)19(3,4)23-20(22-18)15-7-5-14-12-17(21-16-9-10-16)8-6-13(14)11-15;12-9-8-10(13)14-6-15-11(8)17(16-9)5-7-1-3-18-4-2-7/h1-4,11-12,14-15,19H,5-10,13H2,(H2,25,26,27);5-8,11-12,16H,9-10H2,1-4H3;6-7H,1-5H2,(H2,13,14,15). The van der Waals surface area contributed by atoms with Crippen LogP contribution in [0, 0.1) is 15.5 Å². The van der Waals surface area contributed by atoms with Gasteiger partial charge in [0.15, 0.2) is 11.3 Å². The van der Waals surface area contributed by atoms with Crippen molar-refractivity contribution in [2.24, 2.45) is 11.8 Å². The summed E-state index contributed by atoms with van der Waals surface area (Å²) in [6.07, 6.45) is 12.8. The van der Waals surface area contributed by atoms with Crippen molar-refractivity contribution in [3.05, 3.63) is 89.2 Å². The molecule has 4 aromatic carbocycles. The minimum atomic E-state index is -0.313. The van der Waals surface area contributed by atoms with Gasteiger partial charge < -0.3 is 39.7 Å². The molecule has 2 saturated carbocycles. The Kier molecular flexibility index (Phi) is 13.7. The highest BCUT2D eigenvalue weighted by molar-refractivity contribution is 14.1. The summed E-state index contributed by atoms with van der Waals surface area (Å²) in [6.45, 7) is 13.3. The average Bonchev–Trinajstić information content (AvgIpc) is 4.30. The number of nitrogen functional groups attached to an aromatic ring is 2. The fourth-order valence-electron chi connectivity index (χ4n) is 9.46. The molecule has 0 radical (unpaired) electrons. The minimum absolute atomic E-state index is 0.311. The van der Waals surface area contributed by atoms with Crippen molar-refractivity contribution >= 4 is 90.4 Å². The van der Waals surface area contributed by atoms with Crippen molar-refractivity contribution in [2.45, 2.75) is 116 Å². The molecule has 0 spiro atoms. The van der Waals surface area contributed by atoms with E-state index in [9.17, 15) is 0 Å². The van der Waals surface area contributed by atoms with E-state index in [0.717, 1.165) is 143 Å². The van der Waals surface area contributed by atoms with Crippen LogP contribution >= 0.6 is 22.6 Å². The Morgan fingerprint density at radius 1 is 0.583 bits per heavy atom. The molecule has 0 bridgehead atoms. The molecule has 3 aliphatic heterocycles. The van der Waals surface area contributed by atoms with Crippen LogP contribution in [0.5, 0.6) is 11.5 Å². The van der Waals surface area contributed by atoms with Crippen molar-refractivity contribution in [1.82, 2.24) is 39.5 Å². The number of rotatable bonds is 10. The molecule has 2 aliphatic carbocycles. The zero-order chi connectivity index (χ0) is 49.6. The smallest absolute Gasteiger partial charge is 0.490 e. The molecule has 72 heavy (non-hydrogen) atoms. The number of hydrogen-bond donors (Lipinski definition) is 2. The molecule has 7 heterocycles. The van der Waals surface area contributed by atoms with Gasteiger partial charge >= 0.3 is 7.12 Å². The highest BCUT2D eigenvalue weighted by atomic mass is 127. The lowest BCUT2D eigenvalue weighted by molar-refractivity contribution is 0.00578. The normalized spacial score (nSPS) is 19.0. The zero-order valence-electron chi connectivity index (χ0n) is 41.4. The van der Waals surface area contributed by atoms with Gasteiger partial charge in [0, 0.05) is 45.1 Å². The van der Waals surface area contributed by atoms with E-state index in [1.165, 1.54) is 36.3 Å². The predicted octanol–water partition coefficient (Wildman–Crippen LogP) is 9.32. The number of nitrogens with zero attached hydrogens (tertiary/aromatic N) is 8. The number of aromatic nitrogens is 8. The topological polar surface area (TPSA) is 195 Å². The minimum Gasteiger partial charge on any atom is -0.490 e. The molecule has 4 N–H and O–H groups in total. The summed E-state index contributed by atoms with van der Waals surface area (Å²) in [5.41, 5.74) is 16.1. The molecule has 4 aromatic heterocycles. The molecule has 18 heteroatoms. The van der Waals surface area contributed by atoms with Crippen molar-refractivity contribution < 1.29 is 28.3 Å². The van der Waals surface area contributed by atoms with Crippen LogP contribution in [0.3, 0.4) is 0 Å². The van der Waals surface area contributed by atoms with E-state index in [4.69, 9.17) is 44.8 Å². The Hall–Kier alpha value is -5.67. The number of benzene rings is 4. The fourth-order valence-corrected chi connectivity index (χ4v) is 10.2. The first-order valence-corrected chi connectivity index (χ1v) is 26.4. The Morgan fingerprint density at radius 2 is 1.06 bits per heavy atom. The Morgan fingerprint density at radius 3 is 1.61 bits per heavy atom. The summed E-state index contributed by atoms with van der Waals surface area (Å²) < 4.78 is 39.8. The molecule has 16 nitrogen and oxygen atoms in total. The summed E-state index contributed by atoms with van der Waals surface area (Å²) in [5, 5.41) is 15.8. The van der Waals surface area contributed by atoms with E-state index in [2.05, 4.69) is 142 Å². The Labute approximate surface area is 433 Å². The van der Waals surface area contributed by atoms with E-state index in [0.29, 0.717) is 35.7 Å². The van der Waals surface area contributed by atoms with Gasteiger partial charge in [0.1, 0.15) is 45.2 Å². The fraction of sp³-hybridized carbons (Fsp3) is 0.444. The molecule has 3 saturated heterocycles. The number of ether oxygens (including phenoxy) is 4. The molecule has 374 valence electrons. The van der Waals surface area contributed by atoms with Crippen LogP contribution in [-0.4, -0.2) is 96.5 Å². The highest BCUT2D eigenvalue weighted by Crippen LogP contribution is 2.38.